The Bertz CT molecular complexity index is 457. The molecule has 0 radical (unpaired) electrons. The second-order valence-electron chi connectivity index (χ2n) is 7.06. The molecule has 5 heteroatoms. The van der Waals surface area contributed by atoms with Gasteiger partial charge in [0.25, 0.3) is 0 Å². The van der Waals surface area contributed by atoms with Gasteiger partial charge in [0.1, 0.15) is 11.4 Å². The number of nitrogens with one attached hydrogen (secondary N) is 1. The summed E-state index contributed by atoms with van der Waals surface area (Å²) in [6.07, 6.45) is 3.53. The smallest absolute Gasteiger partial charge is 0.410 e. The van der Waals surface area contributed by atoms with Gasteiger partial charge in [-0.25, -0.2) is 4.79 Å². The molecule has 0 unspecified atom stereocenters. The van der Waals surface area contributed by atoms with E-state index in [1.165, 1.54) is 0 Å². The molecule has 1 fully saturated rings. The van der Waals surface area contributed by atoms with Crippen molar-refractivity contribution >= 4 is 6.09 Å². The normalized spacial score (nSPS) is 18.3. The Morgan fingerprint density at radius 2 is 2.14 bits per heavy atom. The summed E-state index contributed by atoms with van der Waals surface area (Å²) in [6, 6.07) is 4.12. The minimum atomic E-state index is -0.423. The summed E-state index contributed by atoms with van der Waals surface area (Å²) in [7, 11) is 0. The van der Waals surface area contributed by atoms with Crippen LogP contribution < -0.4 is 5.32 Å². The second kappa shape index (κ2) is 7.18. The number of amides is 1. The molecule has 1 N–H and O–H groups in total. The van der Waals surface area contributed by atoms with Crippen LogP contribution in [0.4, 0.5) is 4.79 Å². The number of carbonyl (C=O) groups excluding carboxylic acids is 1. The van der Waals surface area contributed by atoms with E-state index in [9.17, 15) is 4.79 Å². The molecule has 1 aliphatic heterocycles. The number of furan rings is 1. The predicted molar refractivity (Wildman–Crippen MR) is 85.7 cm³/mol. The van der Waals surface area contributed by atoms with E-state index >= 15 is 0 Å². The Hall–Kier alpha value is -1.49. The molecule has 22 heavy (non-hydrogen) atoms. The lowest BCUT2D eigenvalue weighted by Crippen LogP contribution is -2.43. The molecule has 1 amide bonds. The van der Waals surface area contributed by atoms with E-state index in [-0.39, 0.29) is 12.1 Å². The fourth-order valence-electron chi connectivity index (χ4n) is 2.63. The van der Waals surface area contributed by atoms with Crippen LogP contribution in [-0.2, 0) is 4.74 Å². The maximum absolute atomic E-state index is 12.0. The van der Waals surface area contributed by atoms with Gasteiger partial charge in [-0.15, -0.1) is 0 Å². The molecule has 1 aromatic rings. The van der Waals surface area contributed by atoms with Gasteiger partial charge in [0.2, 0.25) is 0 Å². The van der Waals surface area contributed by atoms with Gasteiger partial charge in [0.15, 0.2) is 0 Å². The molecule has 1 aliphatic rings. The van der Waals surface area contributed by atoms with Crippen LogP contribution in [0.3, 0.4) is 0 Å². The summed E-state index contributed by atoms with van der Waals surface area (Å²) < 4.78 is 10.8. The third-order valence-corrected chi connectivity index (χ3v) is 3.95. The van der Waals surface area contributed by atoms with Crippen LogP contribution in [-0.4, -0.2) is 36.2 Å². The fraction of sp³-hybridized carbons (Fsp3) is 0.706. The molecule has 5 nitrogen and oxygen atoms in total. The lowest BCUT2D eigenvalue weighted by atomic mass is 9.96. The summed E-state index contributed by atoms with van der Waals surface area (Å²) >= 11 is 0. The predicted octanol–water partition coefficient (Wildman–Crippen LogP) is 3.58. The second-order valence-corrected chi connectivity index (χ2v) is 7.06. The van der Waals surface area contributed by atoms with Crippen molar-refractivity contribution in [2.24, 2.45) is 5.92 Å². The monoisotopic (exact) mass is 308 g/mol. The highest BCUT2D eigenvalue weighted by molar-refractivity contribution is 5.68. The highest BCUT2D eigenvalue weighted by Crippen LogP contribution is 2.20. The summed E-state index contributed by atoms with van der Waals surface area (Å²) in [5.74, 6) is 1.56. The molecule has 2 rings (SSSR count). The largest absolute Gasteiger partial charge is 0.468 e. The van der Waals surface area contributed by atoms with E-state index < -0.39 is 5.60 Å². The number of nitrogens with zero attached hydrogens (tertiary/aromatic N) is 1. The van der Waals surface area contributed by atoms with Crippen molar-refractivity contribution < 1.29 is 13.9 Å². The number of ether oxygens (including phenoxy) is 1. The van der Waals surface area contributed by atoms with Gasteiger partial charge >= 0.3 is 6.09 Å². The highest BCUT2D eigenvalue weighted by atomic mass is 16.6. The quantitative estimate of drug-likeness (QED) is 0.923. The van der Waals surface area contributed by atoms with Crippen LogP contribution in [0.15, 0.2) is 22.8 Å². The molecule has 0 spiro atoms. The molecule has 0 bridgehead atoms. The van der Waals surface area contributed by atoms with E-state index in [2.05, 4.69) is 12.2 Å². The maximum Gasteiger partial charge on any atom is 0.410 e. The zero-order valence-corrected chi connectivity index (χ0v) is 14.1. The minimum absolute atomic E-state index is 0.192. The van der Waals surface area contributed by atoms with Gasteiger partial charge in [-0.2, -0.15) is 0 Å². The first kappa shape index (κ1) is 16.9. The van der Waals surface area contributed by atoms with Crippen molar-refractivity contribution in [3.63, 3.8) is 0 Å². The molecule has 2 heterocycles. The summed E-state index contributed by atoms with van der Waals surface area (Å²) in [5.41, 5.74) is -0.423. The first-order valence-electron chi connectivity index (χ1n) is 8.10. The van der Waals surface area contributed by atoms with Gasteiger partial charge in [0.05, 0.1) is 12.3 Å². The fourth-order valence-corrected chi connectivity index (χ4v) is 2.63. The van der Waals surface area contributed by atoms with Crippen LogP contribution in [0.5, 0.6) is 0 Å². The van der Waals surface area contributed by atoms with Crippen molar-refractivity contribution in [3.05, 3.63) is 24.2 Å². The average molecular weight is 308 g/mol. The lowest BCUT2D eigenvalue weighted by Gasteiger charge is -2.33. The van der Waals surface area contributed by atoms with Crippen LogP contribution in [0.2, 0.25) is 0 Å². The van der Waals surface area contributed by atoms with Gasteiger partial charge in [0, 0.05) is 13.1 Å². The number of hydrogen-bond acceptors (Lipinski definition) is 4. The van der Waals surface area contributed by atoms with Gasteiger partial charge in [-0.3, -0.25) is 0 Å². The van der Waals surface area contributed by atoms with Crippen molar-refractivity contribution in [2.75, 3.05) is 19.6 Å². The summed E-state index contributed by atoms with van der Waals surface area (Å²) in [5, 5.41) is 3.51. The average Bonchev–Trinajstić information content (AvgIpc) is 2.97. The van der Waals surface area contributed by atoms with E-state index in [4.69, 9.17) is 9.15 Å². The first-order valence-corrected chi connectivity index (χ1v) is 8.10. The zero-order chi connectivity index (χ0) is 16.2. The number of likely N-dealkylation sites (tertiary alicyclic amines) is 1. The van der Waals surface area contributed by atoms with E-state index in [1.807, 2.05) is 37.8 Å². The number of rotatable bonds is 4. The Morgan fingerprint density at radius 3 is 2.68 bits per heavy atom. The van der Waals surface area contributed by atoms with Crippen molar-refractivity contribution in [2.45, 2.75) is 52.2 Å². The number of piperidine rings is 1. The maximum atomic E-state index is 12.0. The Labute approximate surface area is 133 Å². The standard InChI is InChI=1S/C17H28N2O3/c1-13(15-6-5-11-21-15)18-12-14-7-9-19(10-8-14)16(20)22-17(2,3)4/h5-6,11,13-14,18H,7-10,12H2,1-4H3/t13-/m1/s1. The molecule has 0 aliphatic carbocycles. The third-order valence-electron chi connectivity index (χ3n) is 3.95. The van der Waals surface area contributed by atoms with Crippen molar-refractivity contribution in [1.29, 1.82) is 0 Å². The lowest BCUT2D eigenvalue weighted by molar-refractivity contribution is 0.0183. The van der Waals surface area contributed by atoms with Crippen LogP contribution in [0.25, 0.3) is 0 Å². The zero-order valence-electron chi connectivity index (χ0n) is 14.1. The molecule has 1 saturated heterocycles. The molecule has 1 atom stereocenters. The Kier molecular flexibility index (Phi) is 5.51. The SMILES string of the molecule is C[C@@H](NCC1CCN(C(=O)OC(C)(C)C)CC1)c1ccco1. The molecule has 0 saturated carbocycles. The van der Waals surface area contributed by atoms with Gasteiger partial charge in [-0.1, -0.05) is 0 Å². The third kappa shape index (κ3) is 5.05. The highest BCUT2D eigenvalue weighted by Gasteiger charge is 2.26. The molecule has 124 valence electrons. The van der Waals surface area contributed by atoms with E-state index in [1.54, 1.807) is 6.26 Å². The number of hydrogen-bond donors (Lipinski definition) is 1. The summed E-state index contributed by atoms with van der Waals surface area (Å²) in [4.78, 5) is 13.8. The molecule has 1 aromatic heterocycles. The van der Waals surface area contributed by atoms with Crippen LogP contribution in [0.1, 0.15) is 52.3 Å². The van der Waals surface area contributed by atoms with Crippen LogP contribution in [0, 0.1) is 5.92 Å². The van der Waals surface area contributed by atoms with Crippen LogP contribution >= 0.6 is 0 Å². The van der Waals surface area contributed by atoms with E-state index in [0.29, 0.717) is 5.92 Å². The van der Waals surface area contributed by atoms with Gasteiger partial charge in [-0.05, 0) is 65.1 Å². The van der Waals surface area contributed by atoms with Crippen molar-refractivity contribution in [3.8, 4) is 0 Å². The number of carbonyl (C=O) groups is 1. The minimum Gasteiger partial charge on any atom is -0.468 e. The molecular weight excluding hydrogens is 280 g/mol. The molecular formula is C17H28N2O3. The van der Waals surface area contributed by atoms with Gasteiger partial charge < -0.3 is 19.4 Å². The first-order chi connectivity index (χ1) is 10.3. The van der Waals surface area contributed by atoms with Crippen molar-refractivity contribution in [1.82, 2.24) is 10.2 Å². The Balaban J connectivity index is 1.70. The van der Waals surface area contributed by atoms with E-state index in [0.717, 1.165) is 38.2 Å². The topological polar surface area (TPSA) is 54.7 Å². The summed E-state index contributed by atoms with van der Waals surface area (Å²) in [6.45, 7) is 10.3. The Morgan fingerprint density at radius 1 is 1.45 bits per heavy atom. The molecule has 0 aromatic carbocycles.